The number of rotatable bonds is 5. The third-order valence-electron chi connectivity index (χ3n) is 3.34. The first-order chi connectivity index (χ1) is 10.5. The fourth-order valence-corrected chi connectivity index (χ4v) is 3.35. The van der Waals surface area contributed by atoms with Crippen LogP contribution in [0.5, 0.6) is 0 Å². The second kappa shape index (κ2) is 5.90. The summed E-state index contributed by atoms with van der Waals surface area (Å²) >= 11 is 0. The lowest BCUT2D eigenvalue weighted by molar-refractivity contribution is 0.579. The molecule has 3 rings (SSSR count). The van der Waals surface area contributed by atoms with E-state index >= 15 is 0 Å². The molecule has 0 atom stereocenters. The van der Waals surface area contributed by atoms with Crippen molar-refractivity contribution in [2.75, 3.05) is 0 Å². The number of benzene rings is 1. The highest BCUT2D eigenvalue weighted by Gasteiger charge is 2.12. The van der Waals surface area contributed by atoms with Crippen molar-refractivity contribution in [2.24, 2.45) is 0 Å². The zero-order valence-electron chi connectivity index (χ0n) is 12.2. The predicted molar refractivity (Wildman–Crippen MR) is 85.8 cm³/mol. The van der Waals surface area contributed by atoms with Crippen LogP contribution in [0.4, 0.5) is 0 Å². The van der Waals surface area contributed by atoms with Crippen LogP contribution in [0.2, 0.25) is 0 Å². The molecule has 0 aliphatic rings. The molecule has 0 fully saturated rings. The maximum absolute atomic E-state index is 12.1. The molecule has 0 spiro atoms. The molecule has 0 bridgehead atoms. The van der Waals surface area contributed by atoms with Crippen LogP contribution in [0.25, 0.3) is 5.65 Å². The second-order valence-corrected chi connectivity index (χ2v) is 7.07. The summed E-state index contributed by atoms with van der Waals surface area (Å²) in [5.41, 5.74) is 3.40. The first kappa shape index (κ1) is 14.7. The maximum atomic E-state index is 12.1. The van der Waals surface area contributed by atoms with Crippen molar-refractivity contribution in [2.45, 2.75) is 19.2 Å². The molecular weight excluding hydrogens is 298 g/mol. The summed E-state index contributed by atoms with van der Waals surface area (Å²) in [6.07, 6.45) is 3.75. The summed E-state index contributed by atoms with van der Waals surface area (Å²) in [4.78, 5) is 4.42. The molecule has 6 heteroatoms. The normalized spacial score (nSPS) is 11.9. The van der Waals surface area contributed by atoms with Crippen LogP contribution in [0, 0.1) is 6.92 Å². The van der Waals surface area contributed by atoms with E-state index in [4.69, 9.17) is 0 Å². The highest BCUT2D eigenvalue weighted by molar-refractivity contribution is 7.88. The van der Waals surface area contributed by atoms with Crippen LogP contribution in [0.1, 0.15) is 16.8 Å². The lowest BCUT2D eigenvalue weighted by Crippen LogP contribution is -2.24. The molecule has 0 saturated carbocycles. The number of aromatic nitrogens is 2. The van der Waals surface area contributed by atoms with Crippen molar-refractivity contribution in [1.82, 2.24) is 14.1 Å². The van der Waals surface area contributed by atoms with Crippen molar-refractivity contribution >= 4 is 15.7 Å². The minimum atomic E-state index is -3.38. The largest absolute Gasteiger partial charge is 0.307 e. The molecule has 0 saturated heterocycles. The first-order valence-corrected chi connectivity index (χ1v) is 8.62. The number of imidazole rings is 1. The Bertz CT molecular complexity index is 886. The van der Waals surface area contributed by atoms with Gasteiger partial charge in [0.2, 0.25) is 10.0 Å². The van der Waals surface area contributed by atoms with Gasteiger partial charge in [-0.15, -0.1) is 0 Å². The van der Waals surface area contributed by atoms with Crippen molar-refractivity contribution in [3.8, 4) is 0 Å². The fraction of sp³-hybridized carbons (Fsp3) is 0.188. The molecular formula is C16H17N3O2S. The van der Waals surface area contributed by atoms with Crippen LogP contribution in [0.15, 0.2) is 54.9 Å². The van der Waals surface area contributed by atoms with E-state index < -0.39 is 10.0 Å². The van der Waals surface area contributed by atoms with Crippen LogP contribution in [-0.2, 0) is 22.3 Å². The van der Waals surface area contributed by atoms with E-state index in [1.807, 2.05) is 54.0 Å². The van der Waals surface area contributed by atoms with E-state index in [9.17, 15) is 8.42 Å². The molecule has 1 N–H and O–H groups in total. The summed E-state index contributed by atoms with van der Waals surface area (Å²) in [5, 5.41) is 0. The van der Waals surface area contributed by atoms with Crippen LogP contribution in [-0.4, -0.2) is 17.8 Å². The van der Waals surface area contributed by atoms with Gasteiger partial charge in [-0.05, 0) is 30.2 Å². The molecule has 5 nitrogen and oxygen atoms in total. The predicted octanol–water partition coefficient (Wildman–Crippen LogP) is 2.26. The van der Waals surface area contributed by atoms with E-state index in [2.05, 4.69) is 9.71 Å². The highest BCUT2D eigenvalue weighted by Crippen LogP contribution is 2.09. The van der Waals surface area contributed by atoms with E-state index in [1.165, 1.54) is 0 Å². The third kappa shape index (κ3) is 3.52. The molecule has 1 aromatic carbocycles. The number of pyridine rings is 1. The van der Waals surface area contributed by atoms with Gasteiger partial charge in [0.05, 0.1) is 18.0 Å². The first-order valence-electron chi connectivity index (χ1n) is 6.97. The zero-order valence-corrected chi connectivity index (χ0v) is 13.0. The summed E-state index contributed by atoms with van der Waals surface area (Å²) in [6.45, 7) is 2.19. The topological polar surface area (TPSA) is 63.5 Å². The minimum absolute atomic E-state index is 0.0275. The van der Waals surface area contributed by atoms with E-state index in [0.717, 1.165) is 16.8 Å². The van der Waals surface area contributed by atoms with Gasteiger partial charge in [0.25, 0.3) is 0 Å². The molecule has 0 aliphatic carbocycles. The van der Waals surface area contributed by atoms with Gasteiger partial charge in [0, 0.05) is 12.4 Å². The second-order valence-electron chi connectivity index (χ2n) is 5.27. The molecule has 2 aromatic heterocycles. The quantitative estimate of drug-likeness (QED) is 0.785. The number of hydrogen-bond acceptors (Lipinski definition) is 3. The summed E-state index contributed by atoms with van der Waals surface area (Å²) in [7, 11) is -3.38. The van der Waals surface area contributed by atoms with Gasteiger partial charge in [-0.1, -0.05) is 30.3 Å². The summed E-state index contributed by atoms with van der Waals surface area (Å²) < 4.78 is 28.7. The van der Waals surface area contributed by atoms with Crippen molar-refractivity contribution < 1.29 is 8.42 Å². The fourth-order valence-electron chi connectivity index (χ4n) is 2.25. The molecule has 22 heavy (non-hydrogen) atoms. The molecule has 3 aromatic rings. The number of fused-ring (bicyclic) bond motifs is 1. The SMILES string of the molecule is Cc1ccn2cc(CNS(=O)(=O)Cc3ccccc3)nc2c1. The van der Waals surface area contributed by atoms with Gasteiger partial charge in [-0.2, -0.15) is 0 Å². The Balaban J connectivity index is 1.70. The lowest BCUT2D eigenvalue weighted by Gasteiger charge is -2.05. The highest BCUT2D eigenvalue weighted by atomic mass is 32.2. The number of sulfonamides is 1. The number of hydrogen-bond donors (Lipinski definition) is 1. The van der Waals surface area contributed by atoms with Crippen LogP contribution >= 0.6 is 0 Å². The number of aryl methyl sites for hydroxylation is 1. The van der Waals surface area contributed by atoms with Crippen LogP contribution < -0.4 is 4.72 Å². The monoisotopic (exact) mass is 315 g/mol. The average molecular weight is 315 g/mol. The van der Waals surface area contributed by atoms with Gasteiger partial charge in [-0.3, -0.25) is 0 Å². The van der Waals surface area contributed by atoms with Gasteiger partial charge in [0.1, 0.15) is 5.65 Å². The van der Waals surface area contributed by atoms with Gasteiger partial charge < -0.3 is 4.40 Å². The lowest BCUT2D eigenvalue weighted by atomic mass is 10.2. The molecule has 0 amide bonds. The molecule has 0 unspecified atom stereocenters. The Kier molecular flexibility index (Phi) is 3.96. The number of nitrogens with zero attached hydrogens (tertiary/aromatic N) is 2. The van der Waals surface area contributed by atoms with E-state index in [0.29, 0.717) is 5.69 Å². The Labute approximate surface area is 129 Å². The standard InChI is InChI=1S/C16H17N3O2S/c1-13-7-8-19-11-15(18-16(19)9-13)10-17-22(20,21)12-14-5-3-2-4-6-14/h2-9,11,17H,10,12H2,1H3. The minimum Gasteiger partial charge on any atom is -0.307 e. The van der Waals surface area contributed by atoms with Gasteiger partial charge in [0.15, 0.2) is 0 Å². The van der Waals surface area contributed by atoms with Gasteiger partial charge in [-0.25, -0.2) is 18.1 Å². The molecule has 2 heterocycles. The Hall–Kier alpha value is -2.18. The molecule has 0 radical (unpaired) electrons. The zero-order chi connectivity index (χ0) is 15.6. The Morgan fingerprint density at radius 1 is 1.18 bits per heavy atom. The van der Waals surface area contributed by atoms with Crippen molar-refractivity contribution in [3.63, 3.8) is 0 Å². The average Bonchev–Trinajstić information content (AvgIpc) is 2.88. The van der Waals surface area contributed by atoms with E-state index in [-0.39, 0.29) is 12.3 Å². The van der Waals surface area contributed by atoms with Crippen molar-refractivity contribution in [1.29, 1.82) is 0 Å². The maximum Gasteiger partial charge on any atom is 0.216 e. The van der Waals surface area contributed by atoms with Crippen molar-refractivity contribution in [3.05, 3.63) is 71.7 Å². The number of nitrogens with one attached hydrogen (secondary N) is 1. The Morgan fingerprint density at radius 3 is 2.73 bits per heavy atom. The third-order valence-corrected chi connectivity index (χ3v) is 4.64. The van der Waals surface area contributed by atoms with Gasteiger partial charge >= 0.3 is 0 Å². The molecule has 114 valence electrons. The summed E-state index contributed by atoms with van der Waals surface area (Å²) in [6, 6.07) is 13.1. The van der Waals surface area contributed by atoms with Crippen LogP contribution in [0.3, 0.4) is 0 Å². The Morgan fingerprint density at radius 2 is 1.95 bits per heavy atom. The smallest absolute Gasteiger partial charge is 0.216 e. The van der Waals surface area contributed by atoms with E-state index in [1.54, 1.807) is 12.1 Å². The molecule has 0 aliphatic heterocycles. The summed E-state index contributed by atoms with van der Waals surface area (Å²) in [5.74, 6) is -0.0275.